The number of aryl methyl sites for hydroxylation is 2. The predicted molar refractivity (Wildman–Crippen MR) is 92.4 cm³/mol. The molecule has 0 saturated carbocycles. The van der Waals surface area contributed by atoms with Gasteiger partial charge in [0.05, 0.1) is 6.54 Å². The molecule has 0 unspecified atom stereocenters. The van der Waals surface area contributed by atoms with Crippen LogP contribution in [0.15, 0.2) is 35.5 Å². The number of aromatic nitrogens is 1. The zero-order valence-corrected chi connectivity index (χ0v) is 14.0. The molecule has 0 radical (unpaired) electrons. The van der Waals surface area contributed by atoms with Gasteiger partial charge in [-0.05, 0) is 31.5 Å². The molecule has 102 valence electrons. The quantitative estimate of drug-likeness (QED) is 0.482. The Kier molecular flexibility index (Phi) is 6.23. The lowest BCUT2D eigenvalue weighted by Crippen LogP contribution is -2.22. The van der Waals surface area contributed by atoms with E-state index >= 15 is 0 Å². The summed E-state index contributed by atoms with van der Waals surface area (Å²) in [6, 6.07) is 8.00. The number of hydrogen-bond acceptors (Lipinski definition) is 3. The van der Waals surface area contributed by atoms with Crippen LogP contribution in [0.4, 0.5) is 5.69 Å². The molecule has 0 amide bonds. The first-order chi connectivity index (χ1) is 8.63. The van der Waals surface area contributed by atoms with Gasteiger partial charge in [-0.2, -0.15) is 0 Å². The third-order valence-electron chi connectivity index (χ3n) is 2.34. The number of benzene rings is 1. The molecule has 0 atom stereocenters. The van der Waals surface area contributed by atoms with Crippen molar-refractivity contribution in [1.82, 2.24) is 4.98 Å². The molecular weight excluding hydrogens is 371 g/mol. The van der Waals surface area contributed by atoms with Crippen molar-refractivity contribution in [2.45, 2.75) is 20.4 Å². The van der Waals surface area contributed by atoms with Crippen LogP contribution in [0.2, 0.25) is 0 Å². The highest BCUT2D eigenvalue weighted by molar-refractivity contribution is 14.0. The Balaban J connectivity index is 0.00000180. The van der Waals surface area contributed by atoms with E-state index in [-0.39, 0.29) is 24.0 Å². The molecule has 0 bridgehead atoms. The van der Waals surface area contributed by atoms with Gasteiger partial charge in [-0.25, -0.2) is 9.98 Å². The first-order valence-corrected chi connectivity index (χ1v) is 6.50. The van der Waals surface area contributed by atoms with E-state index in [1.807, 2.05) is 44.3 Å². The molecule has 4 nitrogen and oxygen atoms in total. The SMILES string of the molecule is Cc1cccc(NC(N)=NCc2ncc(C)s2)c1.I. The summed E-state index contributed by atoms with van der Waals surface area (Å²) < 4.78 is 0. The van der Waals surface area contributed by atoms with Crippen LogP contribution in [0.25, 0.3) is 0 Å². The second-order valence-electron chi connectivity index (χ2n) is 4.06. The Labute approximate surface area is 134 Å². The van der Waals surface area contributed by atoms with Crippen LogP contribution in [0.1, 0.15) is 15.4 Å². The van der Waals surface area contributed by atoms with Gasteiger partial charge in [0.25, 0.3) is 0 Å². The molecule has 2 aromatic rings. The topological polar surface area (TPSA) is 63.3 Å². The van der Waals surface area contributed by atoms with Crippen LogP contribution in [0, 0.1) is 13.8 Å². The van der Waals surface area contributed by atoms with E-state index in [9.17, 15) is 0 Å². The van der Waals surface area contributed by atoms with Gasteiger partial charge in [0.1, 0.15) is 5.01 Å². The van der Waals surface area contributed by atoms with Crippen molar-refractivity contribution in [3.8, 4) is 0 Å². The van der Waals surface area contributed by atoms with Gasteiger partial charge in [0, 0.05) is 16.8 Å². The fourth-order valence-electron chi connectivity index (χ4n) is 1.54. The number of guanidine groups is 1. The molecule has 6 heteroatoms. The lowest BCUT2D eigenvalue weighted by Gasteiger charge is -2.05. The van der Waals surface area contributed by atoms with E-state index in [0.29, 0.717) is 12.5 Å². The van der Waals surface area contributed by atoms with E-state index in [1.54, 1.807) is 11.3 Å². The standard InChI is InChI=1S/C13H16N4S.HI/c1-9-4-3-5-11(6-9)17-13(14)16-8-12-15-7-10(2)18-12;/h3-7H,8H2,1-2H3,(H3,14,16,17);1H. The summed E-state index contributed by atoms with van der Waals surface area (Å²) in [5.74, 6) is 0.411. The van der Waals surface area contributed by atoms with E-state index < -0.39 is 0 Å². The highest BCUT2D eigenvalue weighted by Gasteiger charge is 1.99. The number of halogens is 1. The van der Waals surface area contributed by atoms with Gasteiger partial charge in [-0.15, -0.1) is 35.3 Å². The number of aliphatic imine (C=N–C) groups is 1. The minimum absolute atomic E-state index is 0. The fourth-order valence-corrected chi connectivity index (χ4v) is 2.25. The van der Waals surface area contributed by atoms with Gasteiger partial charge < -0.3 is 11.1 Å². The summed E-state index contributed by atoms with van der Waals surface area (Å²) in [5, 5.41) is 4.04. The Morgan fingerprint density at radius 2 is 2.21 bits per heavy atom. The van der Waals surface area contributed by atoms with Crippen LogP contribution in [-0.2, 0) is 6.54 Å². The fraction of sp³-hybridized carbons (Fsp3) is 0.231. The summed E-state index contributed by atoms with van der Waals surface area (Å²) in [5.41, 5.74) is 7.96. The van der Waals surface area contributed by atoms with E-state index in [4.69, 9.17) is 5.73 Å². The van der Waals surface area contributed by atoms with Crippen LogP contribution in [0.3, 0.4) is 0 Å². The molecule has 0 aliphatic heterocycles. The largest absolute Gasteiger partial charge is 0.370 e. The monoisotopic (exact) mass is 388 g/mol. The molecule has 1 aromatic carbocycles. The molecular formula is C13H17IN4S. The van der Waals surface area contributed by atoms with E-state index in [0.717, 1.165) is 10.7 Å². The maximum Gasteiger partial charge on any atom is 0.193 e. The molecule has 0 aliphatic rings. The van der Waals surface area contributed by atoms with Crippen LogP contribution < -0.4 is 11.1 Å². The van der Waals surface area contributed by atoms with Crippen molar-refractivity contribution in [3.63, 3.8) is 0 Å². The van der Waals surface area contributed by atoms with Gasteiger partial charge in [0.2, 0.25) is 0 Å². The Hall–Kier alpha value is -1.15. The normalized spacial score (nSPS) is 10.9. The Morgan fingerprint density at radius 1 is 1.42 bits per heavy atom. The summed E-state index contributed by atoms with van der Waals surface area (Å²) in [6.07, 6.45) is 1.85. The number of anilines is 1. The number of hydrogen-bond donors (Lipinski definition) is 2. The van der Waals surface area contributed by atoms with Gasteiger partial charge >= 0.3 is 0 Å². The average Bonchev–Trinajstić information content (AvgIpc) is 2.73. The second kappa shape index (κ2) is 7.44. The number of nitrogens with one attached hydrogen (secondary N) is 1. The molecule has 0 fully saturated rings. The summed E-state index contributed by atoms with van der Waals surface area (Å²) in [4.78, 5) is 9.69. The third kappa shape index (κ3) is 5.15. The minimum Gasteiger partial charge on any atom is -0.370 e. The molecule has 0 spiro atoms. The van der Waals surface area contributed by atoms with Crippen LogP contribution in [0.5, 0.6) is 0 Å². The van der Waals surface area contributed by atoms with Gasteiger partial charge in [0.15, 0.2) is 5.96 Å². The molecule has 1 heterocycles. The van der Waals surface area contributed by atoms with Crippen LogP contribution >= 0.6 is 35.3 Å². The lowest BCUT2D eigenvalue weighted by molar-refractivity contribution is 1.03. The lowest BCUT2D eigenvalue weighted by atomic mass is 10.2. The maximum absolute atomic E-state index is 5.83. The van der Waals surface area contributed by atoms with Crippen molar-refractivity contribution in [2.24, 2.45) is 10.7 Å². The number of nitrogens with zero attached hydrogens (tertiary/aromatic N) is 2. The molecule has 0 aliphatic carbocycles. The predicted octanol–water partition coefficient (Wildman–Crippen LogP) is 3.30. The summed E-state index contributed by atoms with van der Waals surface area (Å²) in [7, 11) is 0. The number of rotatable bonds is 3. The van der Waals surface area contributed by atoms with E-state index in [1.165, 1.54) is 10.4 Å². The van der Waals surface area contributed by atoms with Crippen molar-refractivity contribution in [2.75, 3.05) is 5.32 Å². The zero-order valence-electron chi connectivity index (χ0n) is 10.9. The zero-order chi connectivity index (χ0) is 13.0. The minimum atomic E-state index is 0. The smallest absolute Gasteiger partial charge is 0.193 e. The molecule has 3 N–H and O–H groups in total. The van der Waals surface area contributed by atoms with Crippen molar-refractivity contribution in [1.29, 1.82) is 0 Å². The van der Waals surface area contributed by atoms with Crippen molar-refractivity contribution < 1.29 is 0 Å². The highest BCUT2D eigenvalue weighted by atomic mass is 127. The second-order valence-corrected chi connectivity index (χ2v) is 5.38. The number of nitrogens with two attached hydrogens (primary N) is 1. The van der Waals surface area contributed by atoms with E-state index in [2.05, 4.69) is 15.3 Å². The maximum atomic E-state index is 5.83. The molecule has 1 aromatic heterocycles. The first kappa shape index (κ1) is 15.9. The Morgan fingerprint density at radius 3 is 2.84 bits per heavy atom. The first-order valence-electron chi connectivity index (χ1n) is 5.68. The highest BCUT2D eigenvalue weighted by Crippen LogP contribution is 2.12. The third-order valence-corrected chi connectivity index (χ3v) is 3.24. The molecule has 0 saturated heterocycles. The summed E-state index contributed by atoms with van der Waals surface area (Å²) in [6.45, 7) is 4.58. The Bertz CT molecular complexity index is 565. The molecule has 2 rings (SSSR count). The number of thiazole rings is 1. The van der Waals surface area contributed by atoms with Crippen molar-refractivity contribution >= 4 is 47.0 Å². The van der Waals surface area contributed by atoms with Crippen LogP contribution in [-0.4, -0.2) is 10.9 Å². The molecule has 19 heavy (non-hydrogen) atoms. The van der Waals surface area contributed by atoms with Crippen molar-refractivity contribution in [3.05, 3.63) is 45.9 Å². The average molecular weight is 388 g/mol. The summed E-state index contributed by atoms with van der Waals surface area (Å²) >= 11 is 1.64. The van der Waals surface area contributed by atoms with Gasteiger partial charge in [-0.1, -0.05) is 12.1 Å². The van der Waals surface area contributed by atoms with Gasteiger partial charge in [-0.3, -0.25) is 0 Å².